The number of esters is 1. The highest BCUT2D eigenvalue weighted by Crippen LogP contribution is 2.28. The molecule has 0 heterocycles. The highest BCUT2D eigenvalue weighted by molar-refractivity contribution is 5.97. The molecule has 0 bridgehead atoms. The van der Waals surface area contributed by atoms with Crippen molar-refractivity contribution in [3.63, 3.8) is 0 Å². The van der Waals surface area contributed by atoms with Crippen LogP contribution in [-0.2, 0) is 10.3 Å². The van der Waals surface area contributed by atoms with E-state index in [0.29, 0.717) is 5.56 Å². The van der Waals surface area contributed by atoms with Gasteiger partial charge in [-0.15, -0.1) is 0 Å². The van der Waals surface area contributed by atoms with Crippen LogP contribution in [0.1, 0.15) is 29.8 Å². The molecule has 3 nitrogen and oxygen atoms in total. The molecule has 2 rings (SSSR count). The summed E-state index contributed by atoms with van der Waals surface area (Å²) in [6.45, 7) is 3.81. The lowest BCUT2D eigenvalue weighted by Gasteiger charge is -2.19. The van der Waals surface area contributed by atoms with Gasteiger partial charge in [0.15, 0.2) is 0 Å². The predicted octanol–water partition coefficient (Wildman–Crippen LogP) is 3.47. The predicted molar refractivity (Wildman–Crippen MR) is 80.4 cm³/mol. The van der Waals surface area contributed by atoms with Gasteiger partial charge in [-0.05, 0) is 36.6 Å². The maximum absolute atomic E-state index is 13.9. The van der Waals surface area contributed by atoms with Crippen molar-refractivity contribution in [2.24, 2.45) is 5.73 Å². The van der Waals surface area contributed by atoms with Gasteiger partial charge in [0, 0.05) is 5.54 Å². The van der Waals surface area contributed by atoms with Crippen LogP contribution in [0.5, 0.6) is 0 Å². The summed E-state index contributed by atoms with van der Waals surface area (Å²) in [6.07, 6.45) is 0. The van der Waals surface area contributed by atoms with Gasteiger partial charge in [0.1, 0.15) is 11.4 Å². The molecule has 0 atom stereocenters. The van der Waals surface area contributed by atoms with Crippen molar-refractivity contribution in [1.29, 1.82) is 0 Å². The Kier molecular flexibility index (Phi) is 4.09. The highest BCUT2D eigenvalue weighted by atomic mass is 19.1. The minimum absolute atomic E-state index is 0.0558. The van der Waals surface area contributed by atoms with E-state index in [0.717, 1.165) is 11.1 Å². The molecule has 0 aliphatic carbocycles. The number of halogens is 1. The summed E-state index contributed by atoms with van der Waals surface area (Å²) in [4.78, 5) is 11.8. The number of hydrogen-bond acceptors (Lipinski definition) is 3. The maximum atomic E-state index is 13.9. The van der Waals surface area contributed by atoms with E-state index in [2.05, 4.69) is 4.74 Å². The van der Waals surface area contributed by atoms with E-state index >= 15 is 0 Å². The molecular weight excluding hydrogens is 269 g/mol. The van der Waals surface area contributed by atoms with Gasteiger partial charge in [-0.1, -0.05) is 36.4 Å². The van der Waals surface area contributed by atoms with Crippen molar-refractivity contribution in [3.05, 3.63) is 59.4 Å². The number of methoxy groups -OCH3 is 1. The molecule has 0 radical (unpaired) electrons. The zero-order chi connectivity index (χ0) is 15.6. The zero-order valence-electron chi connectivity index (χ0n) is 12.3. The van der Waals surface area contributed by atoms with E-state index in [1.807, 2.05) is 38.1 Å². The van der Waals surface area contributed by atoms with Crippen LogP contribution < -0.4 is 5.73 Å². The van der Waals surface area contributed by atoms with Crippen LogP contribution in [0.15, 0.2) is 42.5 Å². The lowest BCUT2D eigenvalue weighted by molar-refractivity contribution is 0.0596. The summed E-state index contributed by atoms with van der Waals surface area (Å²) >= 11 is 0. The van der Waals surface area contributed by atoms with E-state index in [4.69, 9.17) is 5.73 Å². The van der Waals surface area contributed by atoms with Gasteiger partial charge in [-0.2, -0.15) is 0 Å². The number of benzene rings is 2. The zero-order valence-corrected chi connectivity index (χ0v) is 12.3. The first-order chi connectivity index (χ1) is 9.84. The fourth-order valence-corrected chi connectivity index (χ4v) is 2.15. The molecule has 0 aliphatic rings. The summed E-state index contributed by atoms with van der Waals surface area (Å²) in [5.74, 6) is -1.28. The largest absolute Gasteiger partial charge is 0.465 e. The quantitative estimate of drug-likeness (QED) is 0.879. The minimum atomic E-state index is -0.689. The van der Waals surface area contributed by atoms with Gasteiger partial charge in [0.05, 0.1) is 7.11 Å². The van der Waals surface area contributed by atoms with Crippen LogP contribution in [0, 0.1) is 5.82 Å². The molecule has 2 aromatic carbocycles. The van der Waals surface area contributed by atoms with E-state index in [1.165, 1.54) is 13.2 Å². The number of carbonyl (C=O) groups is 1. The molecule has 21 heavy (non-hydrogen) atoms. The molecule has 0 fully saturated rings. The smallest absolute Gasteiger partial charge is 0.341 e. The summed E-state index contributed by atoms with van der Waals surface area (Å²) in [5, 5.41) is 0. The molecule has 110 valence electrons. The minimum Gasteiger partial charge on any atom is -0.465 e. The maximum Gasteiger partial charge on any atom is 0.341 e. The van der Waals surface area contributed by atoms with Gasteiger partial charge in [0.2, 0.25) is 0 Å². The standard InChI is InChI=1S/C17H18FNO2/c1-17(2,19)12-9-7-11(8-10-12)13-5-4-6-14(18)15(13)16(20)21-3/h4-10H,19H2,1-3H3. The normalized spacial score (nSPS) is 11.3. The fourth-order valence-electron chi connectivity index (χ4n) is 2.15. The first-order valence-corrected chi connectivity index (χ1v) is 6.61. The Morgan fingerprint density at radius 1 is 1.14 bits per heavy atom. The Balaban J connectivity index is 2.52. The molecule has 0 aliphatic heterocycles. The molecule has 2 aromatic rings. The first-order valence-electron chi connectivity index (χ1n) is 6.61. The number of nitrogens with two attached hydrogens (primary N) is 1. The third-order valence-electron chi connectivity index (χ3n) is 3.34. The van der Waals surface area contributed by atoms with E-state index in [9.17, 15) is 9.18 Å². The second kappa shape index (κ2) is 5.66. The van der Waals surface area contributed by atoms with Crippen LogP contribution in [0.4, 0.5) is 4.39 Å². The number of carbonyl (C=O) groups excluding carboxylic acids is 1. The third kappa shape index (κ3) is 3.11. The molecule has 0 saturated carbocycles. The lowest BCUT2D eigenvalue weighted by Crippen LogP contribution is -2.28. The molecular formula is C17H18FNO2. The summed E-state index contributed by atoms with van der Waals surface area (Å²) in [6, 6.07) is 11.9. The van der Waals surface area contributed by atoms with Crippen molar-refractivity contribution in [1.82, 2.24) is 0 Å². The Bertz CT molecular complexity index is 657. The number of rotatable bonds is 3. The van der Waals surface area contributed by atoms with Crippen LogP contribution in [0.3, 0.4) is 0 Å². The number of hydrogen-bond donors (Lipinski definition) is 1. The van der Waals surface area contributed by atoms with Crippen LogP contribution >= 0.6 is 0 Å². The van der Waals surface area contributed by atoms with Crippen LogP contribution in [0.25, 0.3) is 11.1 Å². The third-order valence-corrected chi connectivity index (χ3v) is 3.34. The van der Waals surface area contributed by atoms with Crippen LogP contribution in [0.2, 0.25) is 0 Å². The van der Waals surface area contributed by atoms with E-state index in [-0.39, 0.29) is 5.56 Å². The average molecular weight is 287 g/mol. The Hall–Kier alpha value is -2.20. The van der Waals surface area contributed by atoms with Crippen molar-refractivity contribution in [2.45, 2.75) is 19.4 Å². The Morgan fingerprint density at radius 2 is 1.76 bits per heavy atom. The Morgan fingerprint density at radius 3 is 2.29 bits per heavy atom. The lowest BCUT2D eigenvalue weighted by atomic mass is 9.92. The fraction of sp³-hybridized carbons (Fsp3) is 0.235. The van der Waals surface area contributed by atoms with Crippen molar-refractivity contribution >= 4 is 5.97 Å². The van der Waals surface area contributed by atoms with Gasteiger partial charge in [0.25, 0.3) is 0 Å². The molecule has 0 amide bonds. The van der Waals surface area contributed by atoms with Gasteiger partial charge in [-0.3, -0.25) is 0 Å². The highest BCUT2D eigenvalue weighted by Gasteiger charge is 2.19. The van der Waals surface area contributed by atoms with E-state index < -0.39 is 17.3 Å². The molecule has 4 heteroatoms. The SMILES string of the molecule is COC(=O)c1c(F)cccc1-c1ccc(C(C)(C)N)cc1. The van der Waals surface area contributed by atoms with Crippen molar-refractivity contribution in [3.8, 4) is 11.1 Å². The monoisotopic (exact) mass is 287 g/mol. The van der Waals surface area contributed by atoms with Gasteiger partial charge < -0.3 is 10.5 Å². The molecule has 0 aromatic heterocycles. The summed E-state index contributed by atoms with van der Waals surface area (Å²) < 4.78 is 18.6. The van der Waals surface area contributed by atoms with E-state index in [1.54, 1.807) is 12.1 Å². The van der Waals surface area contributed by atoms with Gasteiger partial charge >= 0.3 is 5.97 Å². The van der Waals surface area contributed by atoms with Crippen LogP contribution in [-0.4, -0.2) is 13.1 Å². The molecule has 0 spiro atoms. The summed E-state index contributed by atoms with van der Waals surface area (Å²) in [7, 11) is 1.23. The summed E-state index contributed by atoms with van der Waals surface area (Å²) in [5.41, 5.74) is 7.73. The molecule has 0 saturated heterocycles. The average Bonchev–Trinajstić information content (AvgIpc) is 2.45. The Labute approximate surface area is 123 Å². The molecule has 0 unspecified atom stereocenters. The van der Waals surface area contributed by atoms with Gasteiger partial charge in [-0.25, -0.2) is 9.18 Å². The van der Waals surface area contributed by atoms with Crippen molar-refractivity contribution < 1.29 is 13.9 Å². The number of ether oxygens (including phenoxy) is 1. The first kappa shape index (κ1) is 15.2. The second-order valence-electron chi connectivity index (χ2n) is 5.45. The topological polar surface area (TPSA) is 52.3 Å². The second-order valence-corrected chi connectivity index (χ2v) is 5.45. The molecule has 2 N–H and O–H groups in total. The van der Waals surface area contributed by atoms with Crippen molar-refractivity contribution in [2.75, 3.05) is 7.11 Å².